The highest BCUT2D eigenvalue weighted by Crippen LogP contribution is 2.38. The van der Waals surface area contributed by atoms with E-state index in [2.05, 4.69) is 0 Å². The minimum absolute atomic E-state index is 0.162. The average molecular weight is 214 g/mol. The van der Waals surface area contributed by atoms with Gasteiger partial charge in [-0.3, -0.25) is 0 Å². The molecule has 2 aromatic carbocycles. The predicted molar refractivity (Wildman–Crippen MR) is 67.1 cm³/mol. The third-order valence-electron chi connectivity index (χ3n) is 2.70. The van der Waals surface area contributed by atoms with Gasteiger partial charge in [0, 0.05) is 11.6 Å². The Morgan fingerprint density at radius 3 is 2.31 bits per heavy atom. The highest BCUT2D eigenvalue weighted by molar-refractivity contribution is 5.84. The fourth-order valence-corrected chi connectivity index (χ4v) is 1.81. The summed E-state index contributed by atoms with van der Waals surface area (Å²) in [4.78, 5) is 0. The third kappa shape index (κ3) is 1.56. The highest BCUT2D eigenvalue weighted by atomic mass is 16.3. The Kier molecular flexibility index (Phi) is 2.44. The summed E-state index contributed by atoms with van der Waals surface area (Å²) in [6, 6.07) is 11.1. The maximum Gasteiger partial charge on any atom is 0.125 e. The van der Waals surface area contributed by atoms with Gasteiger partial charge in [-0.2, -0.15) is 0 Å². The van der Waals surface area contributed by atoms with E-state index in [1.165, 1.54) is 6.07 Å². The summed E-state index contributed by atoms with van der Waals surface area (Å²) in [7, 11) is 0. The first-order chi connectivity index (χ1) is 7.61. The molecule has 0 aliphatic carbocycles. The molecule has 0 aliphatic heterocycles. The molecule has 2 rings (SSSR count). The number of anilines is 2. The van der Waals surface area contributed by atoms with Crippen LogP contribution in [0.3, 0.4) is 0 Å². The molecular weight excluding hydrogens is 200 g/mol. The monoisotopic (exact) mass is 214 g/mol. The van der Waals surface area contributed by atoms with Crippen molar-refractivity contribution >= 4 is 11.4 Å². The number of phenolic OH excluding ortho intramolecular Hbond substituents is 1. The molecule has 0 saturated carbocycles. The number of hydrogen-bond acceptors (Lipinski definition) is 3. The Balaban J connectivity index is 2.71. The van der Waals surface area contributed by atoms with E-state index in [1.807, 2.05) is 37.3 Å². The molecule has 0 fully saturated rings. The maximum atomic E-state index is 9.91. The standard InChI is InChI=1S/C13H14N2O/c1-8-12(9-5-3-2-4-6-9)11(16)7-10(14)13(8)15/h2-7,16H,14-15H2,1H3. The van der Waals surface area contributed by atoms with E-state index >= 15 is 0 Å². The molecule has 3 nitrogen and oxygen atoms in total. The number of hydrogen-bond donors (Lipinski definition) is 3. The Hall–Kier alpha value is -2.16. The fourth-order valence-electron chi connectivity index (χ4n) is 1.81. The molecule has 16 heavy (non-hydrogen) atoms. The van der Waals surface area contributed by atoms with Gasteiger partial charge in [0.15, 0.2) is 0 Å². The van der Waals surface area contributed by atoms with Crippen molar-refractivity contribution < 1.29 is 5.11 Å². The second-order valence-corrected chi connectivity index (χ2v) is 3.76. The molecule has 0 spiro atoms. The molecule has 0 atom stereocenters. The van der Waals surface area contributed by atoms with Crippen LogP contribution in [0.4, 0.5) is 11.4 Å². The third-order valence-corrected chi connectivity index (χ3v) is 2.70. The van der Waals surface area contributed by atoms with E-state index in [9.17, 15) is 5.11 Å². The number of benzene rings is 2. The SMILES string of the molecule is Cc1c(N)c(N)cc(O)c1-c1ccccc1. The van der Waals surface area contributed by atoms with Crippen LogP contribution in [0.1, 0.15) is 5.56 Å². The quantitative estimate of drug-likeness (QED) is 0.504. The molecule has 0 unspecified atom stereocenters. The Bertz CT molecular complexity index is 521. The van der Waals surface area contributed by atoms with Crippen molar-refractivity contribution in [3.05, 3.63) is 42.0 Å². The van der Waals surface area contributed by atoms with Crippen molar-refractivity contribution in [2.45, 2.75) is 6.92 Å². The van der Waals surface area contributed by atoms with Gasteiger partial charge in [-0.25, -0.2) is 0 Å². The van der Waals surface area contributed by atoms with Gasteiger partial charge in [0.2, 0.25) is 0 Å². The average Bonchev–Trinajstić information content (AvgIpc) is 2.28. The van der Waals surface area contributed by atoms with Crippen molar-refractivity contribution in [3.8, 4) is 16.9 Å². The highest BCUT2D eigenvalue weighted by Gasteiger charge is 2.12. The van der Waals surface area contributed by atoms with Crippen LogP contribution in [0.2, 0.25) is 0 Å². The van der Waals surface area contributed by atoms with Crippen LogP contribution in [0.5, 0.6) is 5.75 Å². The second-order valence-electron chi connectivity index (χ2n) is 3.76. The van der Waals surface area contributed by atoms with Crippen LogP contribution in [0.15, 0.2) is 36.4 Å². The van der Waals surface area contributed by atoms with E-state index in [0.29, 0.717) is 11.4 Å². The van der Waals surface area contributed by atoms with Gasteiger partial charge >= 0.3 is 0 Å². The first kappa shape index (κ1) is 10.4. The van der Waals surface area contributed by atoms with E-state index in [4.69, 9.17) is 11.5 Å². The van der Waals surface area contributed by atoms with Gasteiger partial charge < -0.3 is 16.6 Å². The Morgan fingerprint density at radius 2 is 1.69 bits per heavy atom. The molecular formula is C13H14N2O. The zero-order chi connectivity index (χ0) is 11.7. The van der Waals surface area contributed by atoms with E-state index in [-0.39, 0.29) is 5.75 Å². The van der Waals surface area contributed by atoms with Crippen LogP contribution in [0.25, 0.3) is 11.1 Å². The number of phenols is 1. The first-order valence-corrected chi connectivity index (χ1v) is 5.04. The topological polar surface area (TPSA) is 72.3 Å². The van der Waals surface area contributed by atoms with Crippen molar-refractivity contribution in [2.24, 2.45) is 0 Å². The molecule has 5 N–H and O–H groups in total. The van der Waals surface area contributed by atoms with Crippen molar-refractivity contribution in [1.82, 2.24) is 0 Å². The van der Waals surface area contributed by atoms with E-state index < -0.39 is 0 Å². The molecule has 0 heterocycles. The van der Waals surface area contributed by atoms with Gasteiger partial charge in [0.1, 0.15) is 5.75 Å². The summed E-state index contributed by atoms with van der Waals surface area (Å²) >= 11 is 0. The van der Waals surface area contributed by atoms with Gasteiger partial charge in [-0.05, 0) is 18.1 Å². The summed E-state index contributed by atoms with van der Waals surface area (Å²) in [6.45, 7) is 1.85. The number of rotatable bonds is 1. The van der Waals surface area contributed by atoms with Crippen molar-refractivity contribution in [2.75, 3.05) is 11.5 Å². The van der Waals surface area contributed by atoms with Gasteiger partial charge in [0.05, 0.1) is 11.4 Å². The van der Waals surface area contributed by atoms with Crippen molar-refractivity contribution in [3.63, 3.8) is 0 Å². The number of nitrogens with two attached hydrogens (primary N) is 2. The van der Waals surface area contributed by atoms with Crippen LogP contribution >= 0.6 is 0 Å². The number of nitrogen functional groups attached to an aromatic ring is 2. The lowest BCUT2D eigenvalue weighted by Crippen LogP contribution is -1.99. The second kappa shape index (κ2) is 3.77. The Labute approximate surface area is 94.3 Å². The van der Waals surface area contributed by atoms with Crippen molar-refractivity contribution in [1.29, 1.82) is 0 Å². The molecule has 0 aromatic heterocycles. The Morgan fingerprint density at radius 1 is 1.06 bits per heavy atom. The van der Waals surface area contributed by atoms with Gasteiger partial charge in [-0.1, -0.05) is 30.3 Å². The molecule has 3 heteroatoms. The minimum Gasteiger partial charge on any atom is -0.507 e. The fraction of sp³-hybridized carbons (Fsp3) is 0.0769. The van der Waals surface area contributed by atoms with Crippen LogP contribution in [-0.2, 0) is 0 Å². The smallest absolute Gasteiger partial charge is 0.125 e. The summed E-state index contributed by atoms with van der Waals surface area (Å²) in [5, 5.41) is 9.91. The maximum absolute atomic E-state index is 9.91. The lowest BCUT2D eigenvalue weighted by Gasteiger charge is -2.13. The summed E-state index contributed by atoms with van der Waals surface area (Å²) in [5.74, 6) is 0.162. The predicted octanol–water partition coefficient (Wildman–Crippen LogP) is 2.53. The van der Waals surface area contributed by atoms with Crippen LogP contribution in [-0.4, -0.2) is 5.11 Å². The van der Waals surface area contributed by atoms with Crippen LogP contribution in [0, 0.1) is 6.92 Å². The van der Waals surface area contributed by atoms with E-state index in [0.717, 1.165) is 16.7 Å². The largest absolute Gasteiger partial charge is 0.507 e. The zero-order valence-electron chi connectivity index (χ0n) is 9.07. The molecule has 0 amide bonds. The molecule has 2 aromatic rings. The van der Waals surface area contributed by atoms with Gasteiger partial charge in [-0.15, -0.1) is 0 Å². The summed E-state index contributed by atoms with van der Waals surface area (Å²) < 4.78 is 0. The van der Waals surface area contributed by atoms with Crippen LogP contribution < -0.4 is 11.5 Å². The normalized spacial score (nSPS) is 10.3. The molecule has 0 bridgehead atoms. The lowest BCUT2D eigenvalue weighted by atomic mass is 9.97. The first-order valence-electron chi connectivity index (χ1n) is 5.04. The molecule has 0 radical (unpaired) electrons. The summed E-state index contributed by atoms with van der Waals surface area (Å²) in [5.41, 5.74) is 15.0. The molecule has 0 aliphatic rings. The lowest BCUT2D eigenvalue weighted by molar-refractivity contribution is 0.477. The summed E-state index contributed by atoms with van der Waals surface area (Å²) in [6.07, 6.45) is 0. The molecule has 82 valence electrons. The number of aromatic hydroxyl groups is 1. The minimum atomic E-state index is 0.162. The molecule has 0 saturated heterocycles. The van der Waals surface area contributed by atoms with Gasteiger partial charge in [0.25, 0.3) is 0 Å². The van der Waals surface area contributed by atoms with E-state index in [1.54, 1.807) is 0 Å². The zero-order valence-corrected chi connectivity index (χ0v) is 9.07.